The van der Waals surface area contributed by atoms with Crippen molar-refractivity contribution in [2.75, 3.05) is 0 Å². The van der Waals surface area contributed by atoms with Gasteiger partial charge in [0, 0.05) is 11.6 Å². The number of rotatable bonds is 3. The Hall–Kier alpha value is -3.54. The van der Waals surface area contributed by atoms with Gasteiger partial charge in [0.05, 0.1) is 16.7 Å². The number of nitrogens with zero attached hydrogens (tertiary/aromatic N) is 5. The molecule has 2 aromatic rings. The number of benzene rings is 1. The van der Waals surface area contributed by atoms with Gasteiger partial charge < -0.3 is 5.21 Å². The molecule has 1 aromatic heterocycles. The minimum absolute atomic E-state index is 0.0359. The van der Waals surface area contributed by atoms with Crippen LogP contribution in [0.25, 0.3) is 0 Å². The Balaban J connectivity index is 2.59. The van der Waals surface area contributed by atoms with E-state index in [4.69, 9.17) is 5.26 Å². The Morgan fingerprint density at radius 1 is 1.35 bits per heavy atom. The molecule has 23 heavy (non-hydrogen) atoms. The van der Waals surface area contributed by atoms with Crippen molar-refractivity contribution in [3.8, 4) is 6.07 Å². The van der Waals surface area contributed by atoms with E-state index in [0.29, 0.717) is 5.56 Å². The zero-order chi connectivity index (χ0) is 17.1. The first-order chi connectivity index (χ1) is 10.8. The summed E-state index contributed by atoms with van der Waals surface area (Å²) >= 11 is 0. The van der Waals surface area contributed by atoms with Crippen LogP contribution >= 0.6 is 0 Å². The second kappa shape index (κ2) is 6.07. The second-order valence-electron chi connectivity index (χ2n) is 4.73. The maximum absolute atomic E-state index is 11.9. The number of nitriles is 1. The zero-order valence-corrected chi connectivity index (χ0v) is 12.2. The van der Waals surface area contributed by atoms with E-state index in [-0.39, 0.29) is 32.9 Å². The highest BCUT2D eigenvalue weighted by molar-refractivity contribution is 5.59. The van der Waals surface area contributed by atoms with Crippen molar-refractivity contribution in [3.05, 3.63) is 61.6 Å². The van der Waals surface area contributed by atoms with Gasteiger partial charge in [0.1, 0.15) is 6.07 Å². The van der Waals surface area contributed by atoms with Crippen LogP contribution in [-0.4, -0.2) is 14.9 Å². The lowest BCUT2D eigenvalue weighted by Crippen LogP contribution is -2.18. The number of hydrogen-bond donors (Lipinski definition) is 1. The maximum Gasteiger partial charge on any atom is 0.310 e. The van der Waals surface area contributed by atoms with E-state index in [1.165, 1.54) is 19.1 Å². The smallest absolute Gasteiger partial charge is 0.310 e. The minimum atomic E-state index is -0.875. The third-order valence-electron chi connectivity index (χ3n) is 3.13. The van der Waals surface area contributed by atoms with Gasteiger partial charge in [-0.2, -0.15) is 9.99 Å². The molecule has 1 heterocycles. The van der Waals surface area contributed by atoms with Gasteiger partial charge in [-0.3, -0.25) is 14.9 Å². The van der Waals surface area contributed by atoms with Gasteiger partial charge in [-0.15, -0.1) is 10.2 Å². The average molecular weight is 313 g/mol. The van der Waals surface area contributed by atoms with Crippen LogP contribution in [0.4, 0.5) is 17.1 Å². The Bertz CT molecular complexity index is 924. The summed E-state index contributed by atoms with van der Waals surface area (Å²) in [6, 6.07) is 6.16. The molecule has 0 atom stereocenters. The molecule has 0 aliphatic carbocycles. The van der Waals surface area contributed by atoms with Crippen LogP contribution in [0.2, 0.25) is 0 Å². The van der Waals surface area contributed by atoms with E-state index >= 15 is 0 Å². The van der Waals surface area contributed by atoms with Gasteiger partial charge in [-0.25, -0.2) is 0 Å². The molecular weight excluding hydrogens is 302 g/mol. The molecule has 1 N–H and O–H groups in total. The SMILES string of the molecule is Cc1ccc(N=Nc2c(C)c(C#N)cn(O)c2=O)c([N+](=O)[O-])c1. The molecule has 2 rings (SSSR count). The van der Waals surface area contributed by atoms with E-state index in [0.717, 1.165) is 6.20 Å². The third-order valence-corrected chi connectivity index (χ3v) is 3.13. The number of aryl methyl sites for hydroxylation is 1. The maximum atomic E-state index is 11.9. The summed E-state index contributed by atoms with van der Waals surface area (Å²) in [5.74, 6) is 0. The number of azo groups is 1. The van der Waals surface area contributed by atoms with E-state index in [1.54, 1.807) is 13.0 Å². The molecule has 0 aliphatic rings. The lowest BCUT2D eigenvalue weighted by Gasteiger charge is -2.03. The van der Waals surface area contributed by atoms with Crippen molar-refractivity contribution in [2.24, 2.45) is 10.2 Å². The lowest BCUT2D eigenvalue weighted by molar-refractivity contribution is -0.384. The Morgan fingerprint density at radius 3 is 2.65 bits per heavy atom. The van der Waals surface area contributed by atoms with Crippen molar-refractivity contribution < 1.29 is 10.1 Å². The van der Waals surface area contributed by atoms with Crippen LogP contribution < -0.4 is 5.56 Å². The van der Waals surface area contributed by atoms with Gasteiger partial charge >= 0.3 is 5.56 Å². The number of nitro groups is 1. The first-order valence-electron chi connectivity index (χ1n) is 6.37. The van der Waals surface area contributed by atoms with Gasteiger partial charge in [0.2, 0.25) is 0 Å². The zero-order valence-electron chi connectivity index (χ0n) is 12.2. The lowest BCUT2D eigenvalue weighted by atomic mass is 10.1. The van der Waals surface area contributed by atoms with Crippen molar-refractivity contribution >= 4 is 17.1 Å². The Morgan fingerprint density at radius 2 is 2.04 bits per heavy atom. The molecule has 0 bridgehead atoms. The fourth-order valence-corrected chi connectivity index (χ4v) is 1.87. The molecule has 9 nitrogen and oxygen atoms in total. The van der Waals surface area contributed by atoms with E-state index in [1.807, 2.05) is 6.07 Å². The fraction of sp³-hybridized carbons (Fsp3) is 0.143. The molecule has 0 spiro atoms. The molecule has 0 fully saturated rings. The summed E-state index contributed by atoms with van der Waals surface area (Å²) in [5.41, 5.74) is -0.489. The first-order valence-corrected chi connectivity index (χ1v) is 6.37. The van der Waals surface area contributed by atoms with Crippen LogP contribution in [0.15, 0.2) is 39.4 Å². The number of aromatic nitrogens is 1. The van der Waals surface area contributed by atoms with Crippen LogP contribution in [0.3, 0.4) is 0 Å². The first kappa shape index (κ1) is 15.8. The molecule has 0 saturated carbocycles. The standard InChI is InChI=1S/C14H11N5O4/c1-8-3-4-11(12(5-8)19(22)23)16-17-13-9(2)10(6-15)7-18(21)14(13)20/h3-5,7,21H,1-2H3. The normalized spacial score (nSPS) is 10.7. The second-order valence-corrected chi connectivity index (χ2v) is 4.73. The summed E-state index contributed by atoms with van der Waals surface area (Å²) < 4.78 is 0.226. The molecule has 0 saturated heterocycles. The van der Waals surface area contributed by atoms with Crippen LogP contribution in [0.5, 0.6) is 0 Å². The molecule has 0 amide bonds. The minimum Gasteiger partial charge on any atom is -0.425 e. The molecular formula is C14H11N5O4. The van der Waals surface area contributed by atoms with Crippen molar-refractivity contribution in [2.45, 2.75) is 13.8 Å². The number of nitro benzene ring substituents is 1. The largest absolute Gasteiger partial charge is 0.425 e. The summed E-state index contributed by atoms with van der Waals surface area (Å²) in [4.78, 5) is 22.3. The summed E-state index contributed by atoms with van der Waals surface area (Å²) in [7, 11) is 0. The monoisotopic (exact) mass is 313 g/mol. The Labute approximate surface area is 129 Å². The third kappa shape index (κ3) is 3.06. The van der Waals surface area contributed by atoms with Crippen LogP contribution in [-0.2, 0) is 0 Å². The molecule has 116 valence electrons. The van der Waals surface area contributed by atoms with E-state index in [9.17, 15) is 20.1 Å². The highest BCUT2D eigenvalue weighted by Crippen LogP contribution is 2.30. The summed E-state index contributed by atoms with van der Waals surface area (Å²) in [5, 5.41) is 36.9. The van der Waals surface area contributed by atoms with Crippen LogP contribution in [0, 0.1) is 35.3 Å². The van der Waals surface area contributed by atoms with Crippen LogP contribution in [0.1, 0.15) is 16.7 Å². The fourth-order valence-electron chi connectivity index (χ4n) is 1.87. The van der Waals surface area contributed by atoms with E-state index < -0.39 is 10.5 Å². The highest BCUT2D eigenvalue weighted by atomic mass is 16.6. The summed E-state index contributed by atoms with van der Waals surface area (Å²) in [6.07, 6.45) is 0.963. The molecule has 0 unspecified atom stereocenters. The molecule has 1 aromatic carbocycles. The average Bonchev–Trinajstić information content (AvgIpc) is 2.51. The Kier molecular flexibility index (Phi) is 4.18. The topological polar surface area (TPSA) is 134 Å². The van der Waals surface area contributed by atoms with Crippen molar-refractivity contribution in [1.29, 1.82) is 5.26 Å². The summed E-state index contributed by atoms with van der Waals surface area (Å²) in [6.45, 7) is 3.16. The predicted molar refractivity (Wildman–Crippen MR) is 79.3 cm³/mol. The number of hydrogen-bond acceptors (Lipinski definition) is 7. The van der Waals surface area contributed by atoms with Gasteiger partial charge in [0.25, 0.3) is 5.69 Å². The molecule has 0 radical (unpaired) electrons. The predicted octanol–water partition coefficient (Wildman–Crippen LogP) is 2.90. The van der Waals surface area contributed by atoms with E-state index in [2.05, 4.69) is 10.2 Å². The van der Waals surface area contributed by atoms with Gasteiger partial charge in [-0.1, -0.05) is 6.07 Å². The highest BCUT2D eigenvalue weighted by Gasteiger charge is 2.15. The quantitative estimate of drug-likeness (QED) is 0.402. The molecule has 9 heteroatoms. The number of pyridine rings is 1. The van der Waals surface area contributed by atoms with Gasteiger partial charge in [-0.05, 0) is 25.5 Å². The van der Waals surface area contributed by atoms with Gasteiger partial charge in [0.15, 0.2) is 11.4 Å². The van der Waals surface area contributed by atoms with Crippen molar-refractivity contribution in [3.63, 3.8) is 0 Å². The van der Waals surface area contributed by atoms with Crippen molar-refractivity contribution in [1.82, 2.24) is 4.73 Å². The molecule has 0 aliphatic heterocycles.